The molecule has 3 rings (SSSR count). The lowest BCUT2D eigenvalue weighted by Gasteiger charge is -2.20. The summed E-state index contributed by atoms with van der Waals surface area (Å²) in [7, 11) is 0. The molecule has 122 valence electrons. The number of phenols is 1. The molecule has 24 heavy (non-hydrogen) atoms. The number of benzene rings is 2. The number of aliphatic hydroxyl groups is 2. The molecule has 1 heterocycles. The van der Waals surface area contributed by atoms with Crippen molar-refractivity contribution in [3.05, 3.63) is 71.8 Å². The lowest BCUT2D eigenvalue weighted by Crippen LogP contribution is -2.14. The maximum absolute atomic E-state index is 10.5. The predicted molar refractivity (Wildman–Crippen MR) is 89.9 cm³/mol. The Morgan fingerprint density at radius 2 is 1.50 bits per heavy atom. The lowest BCUT2D eigenvalue weighted by molar-refractivity contribution is 0.0175. The van der Waals surface area contributed by atoms with Crippen molar-refractivity contribution < 1.29 is 15.3 Å². The Balaban J connectivity index is 1.99. The van der Waals surface area contributed by atoms with Crippen LogP contribution in [-0.2, 0) is 0 Å². The number of rotatable bonds is 4. The van der Waals surface area contributed by atoms with Gasteiger partial charge in [-0.1, -0.05) is 42.5 Å². The van der Waals surface area contributed by atoms with Crippen LogP contribution in [0, 0.1) is 0 Å². The minimum Gasteiger partial charge on any atom is -0.507 e. The van der Waals surface area contributed by atoms with Gasteiger partial charge >= 0.3 is 0 Å². The van der Waals surface area contributed by atoms with Gasteiger partial charge in [-0.15, -0.1) is 10.2 Å². The second-order valence-corrected chi connectivity index (χ2v) is 5.39. The number of aromatic hydroxyl groups is 1. The first-order valence-corrected chi connectivity index (χ1v) is 7.40. The number of aliphatic hydroxyl groups excluding tert-OH is 2. The van der Waals surface area contributed by atoms with E-state index in [4.69, 9.17) is 5.73 Å². The predicted octanol–water partition coefficient (Wildman–Crippen LogP) is 2.20. The van der Waals surface area contributed by atoms with Crippen LogP contribution >= 0.6 is 0 Å². The van der Waals surface area contributed by atoms with Crippen molar-refractivity contribution in [2.45, 2.75) is 12.2 Å². The van der Waals surface area contributed by atoms with E-state index in [-0.39, 0.29) is 17.1 Å². The zero-order chi connectivity index (χ0) is 17.1. The molecule has 2 atom stereocenters. The number of anilines is 1. The highest BCUT2D eigenvalue weighted by Crippen LogP contribution is 2.34. The van der Waals surface area contributed by atoms with Crippen molar-refractivity contribution in [3.63, 3.8) is 0 Å². The van der Waals surface area contributed by atoms with Crippen LogP contribution in [0.25, 0.3) is 11.3 Å². The number of phenolic OH excluding ortho intramolecular Hbond substituents is 1. The smallest absolute Gasteiger partial charge is 0.152 e. The standard InChI is InChI=1S/C18H17N3O3/c19-18-13(17(24)16(23)11-6-2-1-3-7-11)10-14(20-21-18)12-8-4-5-9-15(12)22/h1-10,16-17,22-24H,(H2,19,21)/t16-,17-/m1/s1. The molecular weight excluding hydrogens is 306 g/mol. The van der Waals surface area contributed by atoms with Crippen molar-refractivity contribution >= 4 is 5.82 Å². The molecule has 0 saturated carbocycles. The normalized spacial score (nSPS) is 13.4. The fourth-order valence-corrected chi connectivity index (χ4v) is 2.48. The first-order valence-electron chi connectivity index (χ1n) is 7.40. The number of nitrogens with two attached hydrogens (primary N) is 1. The highest BCUT2D eigenvalue weighted by Gasteiger charge is 2.24. The molecule has 1 aromatic heterocycles. The zero-order valence-corrected chi connectivity index (χ0v) is 12.7. The summed E-state index contributed by atoms with van der Waals surface area (Å²) in [6.07, 6.45) is -2.43. The molecule has 0 aliphatic carbocycles. The van der Waals surface area contributed by atoms with Crippen LogP contribution in [0.1, 0.15) is 23.3 Å². The van der Waals surface area contributed by atoms with Crippen LogP contribution in [-0.4, -0.2) is 25.5 Å². The van der Waals surface area contributed by atoms with Crippen LogP contribution < -0.4 is 5.73 Å². The Hall–Kier alpha value is -2.96. The fraction of sp³-hybridized carbons (Fsp3) is 0.111. The van der Waals surface area contributed by atoms with Gasteiger partial charge < -0.3 is 21.1 Å². The summed E-state index contributed by atoms with van der Waals surface area (Å²) in [5.74, 6) is 0.0669. The molecule has 2 aromatic carbocycles. The second-order valence-electron chi connectivity index (χ2n) is 5.39. The molecule has 0 amide bonds. The van der Waals surface area contributed by atoms with Gasteiger partial charge in [0.2, 0.25) is 0 Å². The number of hydrogen-bond donors (Lipinski definition) is 4. The summed E-state index contributed by atoms with van der Waals surface area (Å²) in [4.78, 5) is 0. The minimum absolute atomic E-state index is 0.0247. The summed E-state index contributed by atoms with van der Waals surface area (Å²) in [6, 6.07) is 17.0. The summed E-state index contributed by atoms with van der Waals surface area (Å²) in [5, 5.41) is 38.6. The average Bonchev–Trinajstić information content (AvgIpc) is 2.62. The van der Waals surface area contributed by atoms with Crippen LogP contribution in [0.4, 0.5) is 5.82 Å². The fourth-order valence-electron chi connectivity index (χ4n) is 2.48. The Morgan fingerprint density at radius 3 is 2.21 bits per heavy atom. The van der Waals surface area contributed by atoms with Crippen molar-refractivity contribution in [3.8, 4) is 17.0 Å². The van der Waals surface area contributed by atoms with Gasteiger partial charge in [-0.2, -0.15) is 0 Å². The Kier molecular flexibility index (Phi) is 4.41. The van der Waals surface area contributed by atoms with E-state index in [1.165, 1.54) is 12.1 Å². The number of hydrogen-bond acceptors (Lipinski definition) is 6. The van der Waals surface area contributed by atoms with Crippen LogP contribution in [0.15, 0.2) is 60.7 Å². The van der Waals surface area contributed by atoms with Gasteiger partial charge in [0, 0.05) is 11.1 Å². The molecule has 0 aliphatic rings. The van der Waals surface area contributed by atoms with E-state index in [1.807, 2.05) is 6.07 Å². The number of nitrogen functional groups attached to an aromatic ring is 1. The van der Waals surface area contributed by atoms with Gasteiger partial charge in [0.25, 0.3) is 0 Å². The molecular formula is C18H17N3O3. The highest BCUT2D eigenvalue weighted by molar-refractivity contribution is 5.67. The zero-order valence-electron chi connectivity index (χ0n) is 12.7. The SMILES string of the molecule is Nc1nnc(-c2ccccc2O)cc1[C@@H](O)[C@H](O)c1ccccc1. The summed E-state index contributed by atoms with van der Waals surface area (Å²) in [6.45, 7) is 0. The minimum atomic E-state index is -1.27. The lowest BCUT2D eigenvalue weighted by atomic mass is 9.97. The topological polar surface area (TPSA) is 112 Å². The van der Waals surface area contributed by atoms with Gasteiger partial charge in [-0.25, -0.2) is 0 Å². The second kappa shape index (κ2) is 6.66. The van der Waals surface area contributed by atoms with Crippen molar-refractivity contribution in [1.29, 1.82) is 0 Å². The summed E-state index contributed by atoms with van der Waals surface area (Å²) >= 11 is 0. The largest absolute Gasteiger partial charge is 0.507 e. The highest BCUT2D eigenvalue weighted by atomic mass is 16.3. The third-order valence-corrected chi connectivity index (χ3v) is 3.79. The first-order chi connectivity index (χ1) is 11.6. The molecule has 0 saturated heterocycles. The molecule has 0 fully saturated rings. The third kappa shape index (κ3) is 3.05. The van der Waals surface area contributed by atoms with Gasteiger partial charge in [-0.05, 0) is 23.8 Å². The molecule has 3 aromatic rings. The Bertz CT molecular complexity index is 840. The van der Waals surface area contributed by atoms with Gasteiger partial charge in [-0.3, -0.25) is 0 Å². The molecule has 0 bridgehead atoms. The van der Waals surface area contributed by atoms with Crippen LogP contribution in [0.3, 0.4) is 0 Å². The molecule has 0 radical (unpaired) electrons. The van der Waals surface area contributed by atoms with E-state index < -0.39 is 12.2 Å². The van der Waals surface area contributed by atoms with E-state index in [0.717, 1.165) is 0 Å². The van der Waals surface area contributed by atoms with E-state index in [9.17, 15) is 15.3 Å². The van der Waals surface area contributed by atoms with Crippen molar-refractivity contribution in [1.82, 2.24) is 10.2 Å². The van der Waals surface area contributed by atoms with Gasteiger partial charge in [0.15, 0.2) is 5.82 Å². The Morgan fingerprint density at radius 1 is 0.833 bits per heavy atom. The number of nitrogens with zero attached hydrogens (tertiary/aromatic N) is 2. The third-order valence-electron chi connectivity index (χ3n) is 3.79. The quantitative estimate of drug-likeness (QED) is 0.585. The van der Waals surface area contributed by atoms with Crippen LogP contribution in [0.5, 0.6) is 5.75 Å². The molecule has 5 N–H and O–H groups in total. The molecule has 0 aliphatic heterocycles. The van der Waals surface area contributed by atoms with E-state index in [2.05, 4.69) is 10.2 Å². The molecule has 0 spiro atoms. The van der Waals surface area contributed by atoms with Crippen molar-refractivity contribution in [2.75, 3.05) is 5.73 Å². The monoisotopic (exact) mass is 323 g/mol. The maximum atomic E-state index is 10.5. The summed E-state index contributed by atoms with van der Waals surface area (Å²) < 4.78 is 0. The van der Waals surface area contributed by atoms with Crippen molar-refractivity contribution in [2.24, 2.45) is 0 Å². The molecule has 6 nitrogen and oxygen atoms in total. The maximum Gasteiger partial charge on any atom is 0.152 e. The van der Waals surface area contributed by atoms with Gasteiger partial charge in [0.1, 0.15) is 18.0 Å². The average molecular weight is 323 g/mol. The van der Waals surface area contributed by atoms with E-state index >= 15 is 0 Å². The van der Waals surface area contributed by atoms with E-state index in [1.54, 1.807) is 42.5 Å². The Labute approximate surface area is 138 Å². The molecule has 0 unspecified atom stereocenters. The van der Waals surface area contributed by atoms with E-state index in [0.29, 0.717) is 16.8 Å². The van der Waals surface area contributed by atoms with Gasteiger partial charge in [0.05, 0.1) is 5.69 Å². The number of para-hydroxylation sites is 1. The first kappa shape index (κ1) is 15.9. The molecule has 6 heteroatoms. The number of aromatic nitrogens is 2. The summed E-state index contributed by atoms with van der Waals surface area (Å²) in [5.41, 5.74) is 7.45. The van der Waals surface area contributed by atoms with Crippen LogP contribution in [0.2, 0.25) is 0 Å².